The monoisotopic (exact) mass is 487 g/mol. The van der Waals surface area contributed by atoms with E-state index in [1.807, 2.05) is 0 Å². The Balaban J connectivity index is 1.52. The number of piperidine rings is 1. The molecule has 34 heavy (non-hydrogen) atoms. The van der Waals surface area contributed by atoms with Crippen LogP contribution in [0.4, 0.5) is 21.6 Å². The Hall–Kier alpha value is -3.01. The van der Waals surface area contributed by atoms with Crippen molar-refractivity contribution >= 4 is 45.6 Å². The maximum absolute atomic E-state index is 13.5. The molecule has 0 saturated carbocycles. The van der Waals surface area contributed by atoms with Crippen molar-refractivity contribution in [2.75, 3.05) is 37.4 Å². The standard InChI is InChI=1S/C24H27ClFN5O3/c1-34-22-12-20-17(24(28-14-27-20)29-15-5-6-19(26)18(25)9-15)11-21(22)30-23(33)10-16(32)13-31-7-3-2-4-8-31/h5-6,9,11-12,14,16,32H,2-4,7-8,10,13H2,1H3,(H,30,33)(H,27,28,29). The van der Waals surface area contributed by atoms with Gasteiger partial charge in [-0.1, -0.05) is 18.0 Å². The number of aliphatic hydroxyl groups excluding tert-OH is 1. The van der Waals surface area contributed by atoms with Gasteiger partial charge in [0.15, 0.2) is 0 Å². The summed E-state index contributed by atoms with van der Waals surface area (Å²) in [5.41, 5.74) is 1.57. The minimum atomic E-state index is -0.756. The van der Waals surface area contributed by atoms with Gasteiger partial charge in [0.05, 0.1) is 35.9 Å². The third kappa shape index (κ3) is 5.91. The van der Waals surface area contributed by atoms with E-state index >= 15 is 0 Å². The first-order valence-corrected chi connectivity index (χ1v) is 11.6. The zero-order chi connectivity index (χ0) is 24.1. The van der Waals surface area contributed by atoms with Crippen molar-refractivity contribution in [1.82, 2.24) is 14.9 Å². The van der Waals surface area contributed by atoms with E-state index in [0.29, 0.717) is 40.4 Å². The number of benzene rings is 2. The van der Waals surface area contributed by atoms with Crippen LogP contribution in [0.2, 0.25) is 5.02 Å². The molecular formula is C24H27ClFN5O3. The summed E-state index contributed by atoms with van der Waals surface area (Å²) < 4.78 is 19.0. The number of carbonyl (C=O) groups excluding carboxylic acids is 1. The molecule has 1 atom stereocenters. The number of likely N-dealkylation sites (tertiary alicyclic amines) is 1. The molecule has 3 N–H and O–H groups in total. The molecule has 1 aromatic heterocycles. The molecule has 180 valence electrons. The van der Waals surface area contributed by atoms with E-state index < -0.39 is 11.9 Å². The fraction of sp³-hybridized carbons (Fsp3) is 0.375. The Bertz CT molecular complexity index is 1170. The molecule has 2 aromatic carbocycles. The van der Waals surface area contributed by atoms with Crippen LogP contribution in [0.25, 0.3) is 10.9 Å². The fourth-order valence-corrected chi connectivity index (χ4v) is 4.26. The lowest BCUT2D eigenvalue weighted by Gasteiger charge is -2.28. The summed E-state index contributed by atoms with van der Waals surface area (Å²) in [4.78, 5) is 23.4. The van der Waals surface area contributed by atoms with Crippen LogP contribution in [0.1, 0.15) is 25.7 Å². The van der Waals surface area contributed by atoms with Gasteiger partial charge in [-0.3, -0.25) is 4.79 Å². The van der Waals surface area contributed by atoms with Gasteiger partial charge in [0.1, 0.15) is 23.7 Å². The highest BCUT2D eigenvalue weighted by molar-refractivity contribution is 6.31. The first-order chi connectivity index (χ1) is 16.4. The van der Waals surface area contributed by atoms with Crippen molar-refractivity contribution < 1.29 is 19.0 Å². The number of hydrogen-bond donors (Lipinski definition) is 3. The summed E-state index contributed by atoms with van der Waals surface area (Å²) >= 11 is 5.89. The molecule has 2 heterocycles. The molecule has 1 fully saturated rings. The predicted octanol–water partition coefficient (Wildman–Crippen LogP) is 4.35. The van der Waals surface area contributed by atoms with Crippen LogP contribution in [-0.2, 0) is 4.79 Å². The minimum Gasteiger partial charge on any atom is -0.494 e. The molecule has 1 aliphatic heterocycles. The highest BCUT2D eigenvalue weighted by Gasteiger charge is 2.19. The van der Waals surface area contributed by atoms with Crippen molar-refractivity contribution in [3.63, 3.8) is 0 Å². The summed E-state index contributed by atoms with van der Waals surface area (Å²) in [7, 11) is 1.50. The Morgan fingerprint density at radius 2 is 2.03 bits per heavy atom. The molecule has 1 unspecified atom stereocenters. The van der Waals surface area contributed by atoms with Gasteiger partial charge in [0.2, 0.25) is 5.91 Å². The van der Waals surface area contributed by atoms with Crippen LogP contribution in [0.3, 0.4) is 0 Å². The van der Waals surface area contributed by atoms with E-state index in [9.17, 15) is 14.3 Å². The van der Waals surface area contributed by atoms with Gasteiger partial charge in [-0.2, -0.15) is 0 Å². The zero-order valence-corrected chi connectivity index (χ0v) is 19.6. The molecule has 8 nitrogen and oxygen atoms in total. The largest absolute Gasteiger partial charge is 0.494 e. The van der Waals surface area contributed by atoms with Gasteiger partial charge in [-0.05, 0) is 50.2 Å². The molecule has 1 amide bonds. The number of methoxy groups -OCH3 is 1. The van der Waals surface area contributed by atoms with Gasteiger partial charge >= 0.3 is 0 Å². The summed E-state index contributed by atoms with van der Waals surface area (Å²) in [5, 5.41) is 16.9. The van der Waals surface area contributed by atoms with E-state index in [2.05, 4.69) is 25.5 Å². The Kier molecular flexibility index (Phi) is 7.77. The number of ether oxygens (including phenoxy) is 1. The first kappa shape index (κ1) is 24.1. The molecule has 4 rings (SSSR count). The van der Waals surface area contributed by atoms with Crippen LogP contribution in [-0.4, -0.2) is 58.7 Å². The topological polar surface area (TPSA) is 99.6 Å². The lowest BCUT2D eigenvalue weighted by molar-refractivity contribution is -0.118. The van der Waals surface area contributed by atoms with Crippen molar-refractivity contribution in [1.29, 1.82) is 0 Å². The predicted molar refractivity (Wildman–Crippen MR) is 130 cm³/mol. The summed E-state index contributed by atoms with van der Waals surface area (Å²) in [6.45, 7) is 2.38. The van der Waals surface area contributed by atoms with Crippen LogP contribution in [0, 0.1) is 5.82 Å². The number of nitrogens with one attached hydrogen (secondary N) is 2. The molecule has 10 heteroatoms. The minimum absolute atomic E-state index is 0.0129. The number of fused-ring (bicyclic) bond motifs is 1. The summed E-state index contributed by atoms with van der Waals surface area (Å²) in [6, 6.07) is 7.67. The number of anilines is 3. The van der Waals surface area contributed by atoms with Crippen molar-refractivity contribution in [2.24, 2.45) is 0 Å². The second-order valence-corrected chi connectivity index (χ2v) is 8.72. The number of aromatic nitrogens is 2. The number of rotatable bonds is 8. The Morgan fingerprint density at radius 1 is 1.24 bits per heavy atom. The van der Waals surface area contributed by atoms with Crippen molar-refractivity contribution in [3.05, 3.63) is 47.5 Å². The number of carbonyl (C=O) groups is 1. The van der Waals surface area contributed by atoms with Crippen LogP contribution in [0.15, 0.2) is 36.7 Å². The lowest BCUT2D eigenvalue weighted by Crippen LogP contribution is -2.37. The highest BCUT2D eigenvalue weighted by Crippen LogP contribution is 2.33. The van der Waals surface area contributed by atoms with Gasteiger partial charge in [0, 0.05) is 23.7 Å². The second-order valence-electron chi connectivity index (χ2n) is 8.31. The molecule has 1 aliphatic rings. The van der Waals surface area contributed by atoms with E-state index in [0.717, 1.165) is 25.9 Å². The third-order valence-electron chi connectivity index (χ3n) is 5.75. The molecule has 1 saturated heterocycles. The maximum atomic E-state index is 13.5. The van der Waals surface area contributed by atoms with E-state index in [4.69, 9.17) is 16.3 Å². The third-order valence-corrected chi connectivity index (χ3v) is 6.04. The smallest absolute Gasteiger partial charge is 0.227 e. The zero-order valence-electron chi connectivity index (χ0n) is 18.9. The van der Waals surface area contributed by atoms with Gasteiger partial charge in [-0.25, -0.2) is 14.4 Å². The number of hydrogen-bond acceptors (Lipinski definition) is 7. The van der Waals surface area contributed by atoms with E-state index in [1.54, 1.807) is 18.2 Å². The fourth-order valence-electron chi connectivity index (χ4n) is 4.08. The number of amides is 1. The lowest BCUT2D eigenvalue weighted by atomic mass is 10.1. The average Bonchev–Trinajstić information content (AvgIpc) is 2.82. The SMILES string of the molecule is COc1cc2ncnc(Nc3ccc(F)c(Cl)c3)c2cc1NC(=O)CC(O)CN1CCCCC1. The molecule has 0 aliphatic carbocycles. The average molecular weight is 488 g/mol. The second kappa shape index (κ2) is 10.9. The number of nitrogens with zero attached hydrogens (tertiary/aromatic N) is 3. The normalized spacial score (nSPS) is 15.2. The maximum Gasteiger partial charge on any atom is 0.227 e. The van der Waals surface area contributed by atoms with Crippen LogP contribution >= 0.6 is 11.6 Å². The van der Waals surface area contributed by atoms with Gasteiger partial charge < -0.3 is 25.4 Å². The Labute approximate surface area is 202 Å². The molecule has 3 aromatic rings. The molecule has 0 bridgehead atoms. The molecular weight excluding hydrogens is 461 g/mol. The number of β-amino-alcohol motifs (C(OH)–C–C–N with tert-alkyl or cyclic N) is 1. The van der Waals surface area contributed by atoms with Crippen LogP contribution in [0.5, 0.6) is 5.75 Å². The Morgan fingerprint density at radius 3 is 2.76 bits per heavy atom. The quantitative estimate of drug-likeness (QED) is 0.434. The van der Waals surface area contributed by atoms with Crippen LogP contribution < -0.4 is 15.4 Å². The van der Waals surface area contributed by atoms with Gasteiger partial charge in [0.25, 0.3) is 0 Å². The summed E-state index contributed by atoms with van der Waals surface area (Å²) in [6.07, 6.45) is 4.07. The molecule has 0 radical (unpaired) electrons. The number of aliphatic hydroxyl groups is 1. The van der Waals surface area contributed by atoms with Crippen molar-refractivity contribution in [2.45, 2.75) is 31.8 Å². The van der Waals surface area contributed by atoms with E-state index in [-0.39, 0.29) is 17.4 Å². The van der Waals surface area contributed by atoms with E-state index in [1.165, 1.54) is 32.0 Å². The first-order valence-electron chi connectivity index (χ1n) is 11.2. The molecule has 0 spiro atoms. The highest BCUT2D eigenvalue weighted by atomic mass is 35.5. The summed E-state index contributed by atoms with van der Waals surface area (Å²) in [5.74, 6) is 0.0487. The number of halogens is 2. The van der Waals surface area contributed by atoms with Gasteiger partial charge in [-0.15, -0.1) is 0 Å². The van der Waals surface area contributed by atoms with Crippen molar-refractivity contribution in [3.8, 4) is 5.75 Å².